The molecule has 0 bridgehead atoms. The van der Waals surface area contributed by atoms with Crippen LogP contribution in [0, 0.1) is 5.82 Å². The number of pyridine rings is 1. The van der Waals surface area contributed by atoms with E-state index in [0.29, 0.717) is 17.9 Å². The Bertz CT molecular complexity index is 879. The Labute approximate surface area is 143 Å². The SMILES string of the molecule is O=C(c1ccnc(-n2cncn2)c1)N1CCC[C@@H]1c1ccc(F)cc1. The molecule has 126 valence electrons. The molecule has 0 N–H and O–H groups in total. The summed E-state index contributed by atoms with van der Waals surface area (Å²) < 4.78 is 14.7. The molecular formula is C18H16FN5O. The topological polar surface area (TPSA) is 63.9 Å². The number of carbonyl (C=O) groups is 1. The zero-order valence-corrected chi connectivity index (χ0v) is 13.4. The van der Waals surface area contributed by atoms with Crippen molar-refractivity contribution in [3.8, 4) is 5.82 Å². The highest BCUT2D eigenvalue weighted by molar-refractivity contribution is 5.95. The van der Waals surface area contributed by atoms with Gasteiger partial charge in [-0.2, -0.15) is 5.10 Å². The molecule has 0 saturated carbocycles. The maximum Gasteiger partial charge on any atom is 0.254 e. The first-order valence-corrected chi connectivity index (χ1v) is 8.10. The van der Waals surface area contributed by atoms with Gasteiger partial charge in [-0.15, -0.1) is 0 Å². The van der Waals surface area contributed by atoms with Crippen LogP contribution in [0.4, 0.5) is 4.39 Å². The molecule has 6 nitrogen and oxygen atoms in total. The van der Waals surface area contributed by atoms with Crippen molar-refractivity contribution in [1.82, 2.24) is 24.6 Å². The second kappa shape index (κ2) is 6.43. The number of nitrogens with zero attached hydrogens (tertiary/aromatic N) is 5. The number of halogens is 1. The van der Waals surface area contributed by atoms with Crippen LogP contribution in [-0.4, -0.2) is 37.1 Å². The zero-order chi connectivity index (χ0) is 17.2. The van der Waals surface area contributed by atoms with E-state index in [-0.39, 0.29) is 17.8 Å². The van der Waals surface area contributed by atoms with E-state index in [0.717, 1.165) is 18.4 Å². The van der Waals surface area contributed by atoms with E-state index in [1.54, 1.807) is 30.5 Å². The van der Waals surface area contributed by atoms with Gasteiger partial charge in [-0.1, -0.05) is 12.1 Å². The monoisotopic (exact) mass is 337 g/mol. The summed E-state index contributed by atoms with van der Waals surface area (Å²) in [6, 6.07) is 9.74. The molecule has 0 aliphatic carbocycles. The van der Waals surface area contributed by atoms with Gasteiger partial charge >= 0.3 is 0 Å². The third kappa shape index (κ3) is 3.00. The lowest BCUT2D eigenvalue weighted by Gasteiger charge is -2.25. The number of amides is 1. The van der Waals surface area contributed by atoms with Crippen molar-refractivity contribution in [2.24, 2.45) is 0 Å². The summed E-state index contributed by atoms with van der Waals surface area (Å²) >= 11 is 0. The molecular weight excluding hydrogens is 321 g/mol. The van der Waals surface area contributed by atoms with Crippen LogP contribution in [0.15, 0.2) is 55.2 Å². The van der Waals surface area contributed by atoms with Gasteiger partial charge in [0.1, 0.15) is 18.5 Å². The van der Waals surface area contributed by atoms with Crippen molar-refractivity contribution in [2.75, 3.05) is 6.54 Å². The molecule has 0 radical (unpaired) electrons. The van der Waals surface area contributed by atoms with Gasteiger partial charge in [0.25, 0.3) is 5.91 Å². The molecule has 3 heterocycles. The summed E-state index contributed by atoms with van der Waals surface area (Å²) in [4.78, 5) is 23.0. The lowest BCUT2D eigenvalue weighted by molar-refractivity contribution is 0.0735. The lowest BCUT2D eigenvalue weighted by atomic mass is 10.0. The molecule has 7 heteroatoms. The maximum absolute atomic E-state index is 13.2. The number of hydrogen-bond acceptors (Lipinski definition) is 4. The first-order chi connectivity index (χ1) is 12.2. The third-order valence-electron chi connectivity index (χ3n) is 4.41. The van der Waals surface area contributed by atoms with Gasteiger partial charge in [0.15, 0.2) is 5.82 Å². The molecule has 3 aromatic rings. The molecule has 1 aromatic carbocycles. The standard InChI is InChI=1S/C18H16FN5O/c19-15-5-3-13(4-6-15)16-2-1-9-23(16)18(25)14-7-8-21-17(10-14)24-12-20-11-22-24/h3-8,10-12,16H,1-2,9H2/t16-/m1/s1. The average Bonchev–Trinajstić information content (AvgIpc) is 3.34. The van der Waals surface area contributed by atoms with E-state index in [1.165, 1.54) is 29.5 Å². The second-order valence-electron chi connectivity index (χ2n) is 5.95. The van der Waals surface area contributed by atoms with Crippen molar-refractivity contribution in [1.29, 1.82) is 0 Å². The normalized spacial score (nSPS) is 17.0. The highest BCUT2D eigenvalue weighted by atomic mass is 19.1. The van der Waals surface area contributed by atoms with Crippen LogP contribution in [0.3, 0.4) is 0 Å². The van der Waals surface area contributed by atoms with Crippen LogP contribution >= 0.6 is 0 Å². The van der Waals surface area contributed by atoms with Gasteiger partial charge in [0, 0.05) is 18.3 Å². The molecule has 1 atom stereocenters. The summed E-state index contributed by atoms with van der Waals surface area (Å²) in [7, 11) is 0. The van der Waals surface area contributed by atoms with Crippen LogP contribution in [0.2, 0.25) is 0 Å². The number of carbonyl (C=O) groups excluding carboxylic acids is 1. The smallest absolute Gasteiger partial charge is 0.254 e. The molecule has 4 rings (SSSR count). The number of benzene rings is 1. The first-order valence-electron chi connectivity index (χ1n) is 8.10. The maximum atomic E-state index is 13.2. The molecule has 1 fully saturated rings. The van der Waals surface area contributed by atoms with Crippen LogP contribution in [-0.2, 0) is 0 Å². The number of likely N-dealkylation sites (tertiary alicyclic amines) is 1. The van der Waals surface area contributed by atoms with E-state index in [4.69, 9.17) is 0 Å². The van der Waals surface area contributed by atoms with Crippen LogP contribution in [0.1, 0.15) is 34.8 Å². The van der Waals surface area contributed by atoms with Gasteiger partial charge in [0.2, 0.25) is 0 Å². The highest BCUT2D eigenvalue weighted by Gasteiger charge is 2.30. The van der Waals surface area contributed by atoms with E-state index >= 15 is 0 Å². The zero-order valence-electron chi connectivity index (χ0n) is 13.4. The lowest BCUT2D eigenvalue weighted by Crippen LogP contribution is -2.30. The molecule has 1 saturated heterocycles. The summed E-state index contributed by atoms with van der Waals surface area (Å²) in [6.07, 6.45) is 6.34. The summed E-state index contributed by atoms with van der Waals surface area (Å²) in [5.74, 6) is 0.211. The van der Waals surface area contributed by atoms with Gasteiger partial charge in [0.05, 0.1) is 6.04 Å². The summed E-state index contributed by atoms with van der Waals surface area (Å²) in [6.45, 7) is 0.682. The van der Waals surface area contributed by atoms with Crippen molar-refractivity contribution < 1.29 is 9.18 Å². The van der Waals surface area contributed by atoms with Gasteiger partial charge < -0.3 is 4.90 Å². The molecule has 2 aromatic heterocycles. The number of hydrogen-bond donors (Lipinski definition) is 0. The van der Waals surface area contributed by atoms with Gasteiger partial charge in [-0.25, -0.2) is 19.0 Å². The largest absolute Gasteiger partial charge is 0.332 e. The minimum absolute atomic E-state index is 0.0314. The van der Waals surface area contributed by atoms with E-state index in [2.05, 4.69) is 15.1 Å². The quantitative estimate of drug-likeness (QED) is 0.737. The van der Waals surface area contributed by atoms with E-state index < -0.39 is 0 Å². The van der Waals surface area contributed by atoms with Crippen LogP contribution in [0.25, 0.3) is 5.82 Å². The second-order valence-corrected chi connectivity index (χ2v) is 5.95. The molecule has 1 aliphatic heterocycles. The van der Waals surface area contributed by atoms with E-state index in [9.17, 15) is 9.18 Å². The summed E-state index contributed by atoms with van der Waals surface area (Å²) in [5.41, 5.74) is 1.51. The third-order valence-corrected chi connectivity index (χ3v) is 4.41. The Balaban J connectivity index is 1.61. The molecule has 0 unspecified atom stereocenters. The van der Waals surface area contributed by atoms with Crippen LogP contribution < -0.4 is 0 Å². The molecule has 1 aliphatic rings. The Morgan fingerprint density at radius 1 is 1.20 bits per heavy atom. The first kappa shape index (κ1) is 15.4. The van der Waals surface area contributed by atoms with Crippen molar-refractivity contribution in [3.63, 3.8) is 0 Å². The molecule has 0 spiro atoms. The Morgan fingerprint density at radius 3 is 2.80 bits per heavy atom. The average molecular weight is 337 g/mol. The Morgan fingerprint density at radius 2 is 2.04 bits per heavy atom. The fourth-order valence-corrected chi connectivity index (χ4v) is 3.21. The molecule has 1 amide bonds. The van der Waals surface area contributed by atoms with E-state index in [1.807, 2.05) is 4.90 Å². The fourth-order valence-electron chi connectivity index (χ4n) is 3.21. The number of rotatable bonds is 3. The number of aromatic nitrogens is 4. The Kier molecular flexibility index (Phi) is 3.97. The predicted molar refractivity (Wildman–Crippen MR) is 88.6 cm³/mol. The predicted octanol–water partition coefficient (Wildman–Crippen LogP) is 2.78. The van der Waals surface area contributed by atoms with Crippen molar-refractivity contribution in [2.45, 2.75) is 18.9 Å². The Hall–Kier alpha value is -3.09. The van der Waals surface area contributed by atoms with Crippen molar-refractivity contribution in [3.05, 3.63) is 72.2 Å². The summed E-state index contributed by atoms with van der Waals surface area (Å²) in [5, 5.41) is 4.04. The van der Waals surface area contributed by atoms with Gasteiger partial charge in [-0.05, 0) is 42.7 Å². The van der Waals surface area contributed by atoms with Crippen molar-refractivity contribution >= 4 is 5.91 Å². The minimum atomic E-state index is -0.272. The highest BCUT2D eigenvalue weighted by Crippen LogP contribution is 2.33. The molecule has 25 heavy (non-hydrogen) atoms. The van der Waals surface area contributed by atoms with Crippen LogP contribution in [0.5, 0.6) is 0 Å². The minimum Gasteiger partial charge on any atom is -0.332 e. The van der Waals surface area contributed by atoms with Gasteiger partial charge in [-0.3, -0.25) is 4.79 Å². The fraction of sp³-hybridized carbons (Fsp3) is 0.222.